The number of nitrogens with one attached hydrogen (secondary N) is 1. The normalized spacial score (nSPS) is 10.4. The summed E-state index contributed by atoms with van der Waals surface area (Å²) in [5, 5.41) is 3.48. The summed E-state index contributed by atoms with van der Waals surface area (Å²) < 4.78 is 0. The maximum atomic E-state index is 12.6. The molecule has 0 spiro atoms. The number of rotatable bonds is 8. The number of carbonyl (C=O) groups is 2. The highest BCUT2D eigenvalue weighted by Crippen LogP contribution is 2.15. The molecule has 0 atom stereocenters. The number of benzene rings is 2. The Morgan fingerprint density at radius 1 is 0.923 bits per heavy atom. The van der Waals surface area contributed by atoms with E-state index < -0.39 is 0 Å². The Morgan fingerprint density at radius 2 is 1.50 bits per heavy atom. The zero-order valence-corrected chi connectivity index (χ0v) is 16.1. The van der Waals surface area contributed by atoms with Crippen LogP contribution in [0.25, 0.3) is 0 Å². The van der Waals surface area contributed by atoms with E-state index in [1.54, 1.807) is 30.3 Å². The predicted octanol–water partition coefficient (Wildman–Crippen LogP) is 4.53. The van der Waals surface area contributed by atoms with Gasteiger partial charge in [0.2, 0.25) is 0 Å². The molecule has 26 heavy (non-hydrogen) atoms. The molecule has 0 aliphatic carbocycles. The second-order valence-electron chi connectivity index (χ2n) is 6.14. The molecule has 5 heteroatoms. The molecule has 0 bridgehead atoms. The van der Waals surface area contributed by atoms with Crippen molar-refractivity contribution in [2.45, 2.75) is 33.2 Å². The summed E-state index contributed by atoms with van der Waals surface area (Å²) in [6.07, 6.45) is 1.85. The van der Waals surface area contributed by atoms with Crippen LogP contribution >= 0.6 is 11.6 Å². The summed E-state index contributed by atoms with van der Waals surface area (Å²) >= 11 is 6.10. The van der Waals surface area contributed by atoms with Crippen molar-refractivity contribution < 1.29 is 9.59 Å². The van der Waals surface area contributed by atoms with Crippen LogP contribution in [0, 0.1) is 0 Å². The summed E-state index contributed by atoms with van der Waals surface area (Å²) in [4.78, 5) is 26.7. The van der Waals surface area contributed by atoms with Crippen molar-refractivity contribution in [1.29, 1.82) is 0 Å². The summed E-state index contributed by atoms with van der Waals surface area (Å²) in [6, 6.07) is 14.2. The van der Waals surface area contributed by atoms with E-state index in [1.807, 2.05) is 23.1 Å². The average molecular weight is 373 g/mol. The summed E-state index contributed by atoms with van der Waals surface area (Å²) in [5.41, 5.74) is 1.99. The SMILES string of the molecule is CCCN(CCC)C(=O)c1ccc(C(=O)NCc2ccccc2Cl)cc1. The van der Waals surface area contributed by atoms with E-state index in [0.717, 1.165) is 31.5 Å². The third-order valence-electron chi connectivity index (χ3n) is 4.07. The highest BCUT2D eigenvalue weighted by molar-refractivity contribution is 6.31. The number of hydrogen-bond donors (Lipinski definition) is 1. The topological polar surface area (TPSA) is 49.4 Å². The van der Waals surface area contributed by atoms with Gasteiger partial charge >= 0.3 is 0 Å². The van der Waals surface area contributed by atoms with Crippen molar-refractivity contribution in [2.75, 3.05) is 13.1 Å². The van der Waals surface area contributed by atoms with Gasteiger partial charge in [0.15, 0.2) is 0 Å². The van der Waals surface area contributed by atoms with Crippen LogP contribution in [-0.2, 0) is 6.54 Å². The highest BCUT2D eigenvalue weighted by atomic mass is 35.5. The molecule has 2 rings (SSSR count). The second-order valence-corrected chi connectivity index (χ2v) is 6.55. The maximum Gasteiger partial charge on any atom is 0.253 e. The van der Waals surface area contributed by atoms with Crippen molar-refractivity contribution in [2.24, 2.45) is 0 Å². The molecular weight excluding hydrogens is 348 g/mol. The lowest BCUT2D eigenvalue weighted by Gasteiger charge is -2.21. The van der Waals surface area contributed by atoms with Gasteiger partial charge in [-0.2, -0.15) is 0 Å². The molecule has 2 aromatic rings. The van der Waals surface area contributed by atoms with Crippen LogP contribution in [0.5, 0.6) is 0 Å². The van der Waals surface area contributed by atoms with Crippen LogP contribution in [0.3, 0.4) is 0 Å². The van der Waals surface area contributed by atoms with E-state index in [-0.39, 0.29) is 11.8 Å². The Labute approximate surface area is 160 Å². The Hall–Kier alpha value is -2.33. The van der Waals surface area contributed by atoms with Gasteiger partial charge in [0, 0.05) is 35.8 Å². The van der Waals surface area contributed by atoms with Crippen LogP contribution in [0.4, 0.5) is 0 Å². The first-order chi connectivity index (χ1) is 12.6. The summed E-state index contributed by atoms with van der Waals surface area (Å²) in [7, 11) is 0. The van der Waals surface area contributed by atoms with Crippen LogP contribution < -0.4 is 5.32 Å². The first-order valence-corrected chi connectivity index (χ1v) is 9.35. The molecular formula is C21H25ClN2O2. The lowest BCUT2D eigenvalue weighted by atomic mass is 10.1. The van der Waals surface area contributed by atoms with E-state index >= 15 is 0 Å². The fourth-order valence-electron chi connectivity index (χ4n) is 2.72. The minimum Gasteiger partial charge on any atom is -0.348 e. The number of nitrogens with zero attached hydrogens (tertiary/aromatic N) is 1. The number of hydrogen-bond acceptors (Lipinski definition) is 2. The Balaban J connectivity index is 2.00. The zero-order chi connectivity index (χ0) is 18.9. The summed E-state index contributed by atoms with van der Waals surface area (Å²) in [5.74, 6) is -0.181. The highest BCUT2D eigenvalue weighted by Gasteiger charge is 2.15. The van der Waals surface area contributed by atoms with Crippen molar-refractivity contribution >= 4 is 23.4 Å². The molecule has 2 aromatic carbocycles. The van der Waals surface area contributed by atoms with Crippen molar-refractivity contribution in [1.82, 2.24) is 10.2 Å². The predicted molar refractivity (Wildman–Crippen MR) is 106 cm³/mol. The molecule has 138 valence electrons. The third kappa shape index (κ3) is 5.33. The molecule has 0 saturated carbocycles. The molecule has 4 nitrogen and oxygen atoms in total. The average Bonchev–Trinajstić information content (AvgIpc) is 2.66. The van der Waals surface area contributed by atoms with Gasteiger partial charge in [0.05, 0.1) is 0 Å². The van der Waals surface area contributed by atoms with Crippen LogP contribution in [0.2, 0.25) is 5.02 Å². The molecule has 0 unspecified atom stereocenters. The van der Waals surface area contributed by atoms with Gasteiger partial charge in [-0.15, -0.1) is 0 Å². The van der Waals surface area contributed by atoms with Crippen molar-refractivity contribution in [3.05, 3.63) is 70.2 Å². The Kier molecular flexibility index (Phi) is 7.67. The van der Waals surface area contributed by atoms with Crippen LogP contribution in [0.1, 0.15) is 53.0 Å². The molecule has 0 radical (unpaired) electrons. The van der Waals surface area contributed by atoms with E-state index in [2.05, 4.69) is 19.2 Å². The van der Waals surface area contributed by atoms with Crippen LogP contribution in [0.15, 0.2) is 48.5 Å². The van der Waals surface area contributed by atoms with E-state index in [4.69, 9.17) is 11.6 Å². The maximum absolute atomic E-state index is 12.6. The van der Waals surface area contributed by atoms with Gasteiger partial charge in [-0.05, 0) is 48.7 Å². The van der Waals surface area contributed by atoms with Gasteiger partial charge in [-0.1, -0.05) is 43.6 Å². The first kappa shape index (κ1) is 20.0. The second kappa shape index (κ2) is 9.97. The third-order valence-corrected chi connectivity index (χ3v) is 4.43. The van der Waals surface area contributed by atoms with E-state index in [1.165, 1.54) is 0 Å². The lowest BCUT2D eigenvalue weighted by molar-refractivity contribution is 0.0755. The fourth-order valence-corrected chi connectivity index (χ4v) is 2.92. The van der Waals surface area contributed by atoms with Crippen molar-refractivity contribution in [3.63, 3.8) is 0 Å². The smallest absolute Gasteiger partial charge is 0.253 e. The Morgan fingerprint density at radius 3 is 2.08 bits per heavy atom. The number of carbonyl (C=O) groups excluding carboxylic acids is 2. The minimum absolute atomic E-state index is 0.0109. The van der Waals surface area contributed by atoms with Gasteiger partial charge in [0.25, 0.3) is 11.8 Å². The molecule has 0 aromatic heterocycles. The standard InChI is InChI=1S/C21H25ClN2O2/c1-3-13-24(14-4-2)21(26)17-11-9-16(10-12-17)20(25)23-15-18-7-5-6-8-19(18)22/h5-12H,3-4,13-15H2,1-2H3,(H,23,25). The molecule has 0 aliphatic heterocycles. The monoisotopic (exact) mass is 372 g/mol. The van der Waals surface area contributed by atoms with E-state index in [9.17, 15) is 9.59 Å². The Bertz CT molecular complexity index is 738. The van der Waals surface area contributed by atoms with E-state index in [0.29, 0.717) is 22.7 Å². The fraction of sp³-hybridized carbons (Fsp3) is 0.333. The largest absolute Gasteiger partial charge is 0.348 e. The minimum atomic E-state index is -0.192. The molecule has 2 amide bonds. The van der Waals surface area contributed by atoms with Crippen LogP contribution in [-0.4, -0.2) is 29.8 Å². The molecule has 0 heterocycles. The lowest BCUT2D eigenvalue weighted by Crippen LogP contribution is -2.32. The number of halogens is 1. The number of amides is 2. The first-order valence-electron chi connectivity index (χ1n) is 8.97. The molecule has 0 saturated heterocycles. The van der Waals surface area contributed by atoms with Gasteiger partial charge < -0.3 is 10.2 Å². The van der Waals surface area contributed by atoms with Crippen molar-refractivity contribution in [3.8, 4) is 0 Å². The molecule has 0 aliphatic rings. The van der Waals surface area contributed by atoms with Gasteiger partial charge in [-0.3, -0.25) is 9.59 Å². The quantitative estimate of drug-likeness (QED) is 0.739. The molecule has 0 fully saturated rings. The van der Waals surface area contributed by atoms with Gasteiger partial charge in [0.1, 0.15) is 0 Å². The summed E-state index contributed by atoms with van der Waals surface area (Å²) in [6.45, 7) is 5.96. The zero-order valence-electron chi connectivity index (χ0n) is 15.3. The molecule has 1 N–H and O–H groups in total. The van der Waals surface area contributed by atoms with Gasteiger partial charge in [-0.25, -0.2) is 0 Å².